The van der Waals surface area contributed by atoms with Crippen molar-refractivity contribution >= 4 is 11.6 Å². The van der Waals surface area contributed by atoms with E-state index in [1.54, 1.807) is 12.1 Å². The zero-order chi connectivity index (χ0) is 8.97. The Morgan fingerprint density at radius 2 is 2.25 bits per heavy atom. The summed E-state index contributed by atoms with van der Waals surface area (Å²) in [5.74, 6) is 0.550. The second kappa shape index (κ2) is 4.31. The van der Waals surface area contributed by atoms with Crippen LogP contribution in [0.3, 0.4) is 0 Å². The first kappa shape index (κ1) is 9.33. The lowest BCUT2D eigenvalue weighted by molar-refractivity contribution is 0.273. The van der Waals surface area contributed by atoms with Crippen LogP contribution >= 0.6 is 11.6 Å². The molecule has 1 nitrogen and oxygen atoms in total. The van der Waals surface area contributed by atoms with Gasteiger partial charge in [0.1, 0.15) is 19.0 Å². The summed E-state index contributed by atoms with van der Waals surface area (Å²) < 4.78 is 16.8. The highest BCUT2D eigenvalue weighted by Crippen LogP contribution is 2.24. The van der Waals surface area contributed by atoms with Gasteiger partial charge in [0.05, 0.1) is 5.02 Å². The van der Waals surface area contributed by atoms with Crippen LogP contribution in [0.5, 0.6) is 5.75 Å². The molecule has 0 saturated heterocycles. The van der Waals surface area contributed by atoms with E-state index in [9.17, 15) is 4.39 Å². The van der Waals surface area contributed by atoms with Crippen molar-refractivity contribution in [3.63, 3.8) is 0 Å². The number of hydrogen-bond donors (Lipinski definition) is 0. The van der Waals surface area contributed by atoms with E-state index in [0.29, 0.717) is 10.8 Å². The van der Waals surface area contributed by atoms with E-state index < -0.39 is 6.67 Å². The Kier molecular flexibility index (Phi) is 3.35. The maximum Gasteiger partial charge on any atom is 0.138 e. The Bertz CT molecular complexity index is 263. The third-order valence-corrected chi connectivity index (χ3v) is 1.73. The van der Waals surface area contributed by atoms with Gasteiger partial charge in [-0.25, -0.2) is 4.39 Å². The summed E-state index contributed by atoms with van der Waals surface area (Å²) in [6.45, 7) is 1.49. The Labute approximate surface area is 76.1 Å². The normalized spacial score (nSPS) is 9.92. The van der Waals surface area contributed by atoms with Crippen LogP contribution < -0.4 is 4.74 Å². The van der Waals surface area contributed by atoms with Crippen molar-refractivity contribution in [3.8, 4) is 5.75 Å². The van der Waals surface area contributed by atoms with Crippen LogP contribution in [0, 0.1) is 6.92 Å². The molecule has 0 aliphatic rings. The molecule has 66 valence electrons. The lowest BCUT2D eigenvalue weighted by Gasteiger charge is -2.05. The molecule has 0 unspecified atom stereocenters. The molecule has 0 N–H and O–H groups in total. The van der Waals surface area contributed by atoms with Gasteiger partial charge in [-0.1, -0.05) is 17.7 Å². The standard InChI is InChI=1S/C9H10ClFO/c1-7-2-3-8(10)9(6-7)12-5-4-11/h2-3,6H,4-5H2,1H3. The summed E-state index contributed by atoms with van der Waals surface area (Å²) in [7, 11) is 0. The van der Waals surface area contributed by atoms with Crippen molar-refractivity contribution in [1.29, 1.82) is 0 Å². The molecule has 0 aliphatic heterocycles. The average Bonchev–Trinajstić information content (AvgIpc) is 2.07. The van der Waals surface area contributed by atoms with Crippen LogP contribution in [0.1, 0.15) is 5.56 Å². The number of hydrogen-bond acceptors (Lipinski definition) is 1. The first-order chi connectivity index (χ1) is 5.74. The highest BCUT2D eigenvalue weighted by atomic mass is 35.5. The van der Waals surface area contributed by atoms with E-state index in [0.717, 1.165) is 5.56 Å². The van der Waals surface area contributed by atoms with E-state index in [4.69, 9.17) is 16.3 Å². The van der Waals surface area contributed by atoms with E-state index in [1.165, 1.54) is 0 Å². The molecule has 0 radical (unpaired) electrons. The monoisotopic (exact) mass is 188 g/mol. The van der Waals surface area contributed by atoms with Crippen molar-refractivity contribution in [2.75, 3.05) is 13.3 Å². The number of ether oxygens (including phenoxy) is 1. The fourth-order valence-corrected chi connectivity index (χ4v) is 1.04. The van der Waals surface area contributed by atoms with Crippen LogP contribution in [-0.2, 0) is 0 Å². The second-order valence-corrected chi connectivity index (χ2v) is 2.88. The summed E-state index contributed by atoms with van der Waals surface area (Å²) in [6.07, 6.45) is 0. The van der Waals surface area contributed by atoms with Gasteiger partial charge in [-0.2, -0.15) is 0 Å². The minimum atomic E-state index is -0.496. The smallest absolute Gasteiger partial charge is 0.138 e. The quantitative estimate of drug-likeness (QED) is 0.709. The van der Waals surface area contributed by atoms with E-state index in [1.807, 2.05) is 13.0 Å². The third kappa shape index (κ3) is 2.38. The molecule has 0 aliphatic carbocycles. The molecule has 0 atom stereocenters. The van der Waals surface area contributed by atoms with Crippen molar-refractivity contribution < 1.29 is 9.13 Å². The lowest BCUT2D eigenvalue weighted by Crippen LogP contribution is -1.99. The molecule has 0 saturated carbocycles. The first-order valence-electron chi connectivity index (χ1n) is 3.69. The van der Waals surface area contributed by atoms with Crippen LogP contribution in [0.15, 0.2) is 18.2 Å². The van der Waals surface area contributed by atoms with Gasteiger partial charge in [-0.05, 0) is 24.6 Å². The minimum absolute atomic E-state index is 0.0587. The maximum absolute atomic E-state index is 11.7. The highest BCUT2D eigenvalue weighted by Gasteiger charge is 2.00. The molecule has 12 heavy (non-hydrogen) atoms. The third-order valence-electron chi connectivity index (χ3n) is 1.42. The summed E-state index contributed by atoms with van der Waals surface area (Å²) >= 11 is 5.78. The maximum atomic E-state index is 11.7. The number of halogens is 2. The Morgan fingerprint density at radius 1 is 1.50 bits per heavy atom. The molecule has 3 heteroatoms. The molecule has 1 rings (SSSR count). The second-order valence-electron chi connectivity index (χ2n) is 2.47. The minimum Gasteiger partial charge on any atom is -0.489 e. The van der Waals surface area contributed by atoms with Gasteiger partial charge in [-0.15, -0.1) is 0 Å². The van der Waals surface area contributed by atoms with Crippen LogP contribution in [0.25, 0.3) is 0 Å². The Morgan fingerprint density at radius 3 is 2.92 bits per heavy atom. The highest BCUT2D eigenvalue weighted by molar-refractivity contribution is 6.32. The predicted molar refractivity (Wildman–Crippen MR) is 47.7 cm³/mol. The molecule has 0 bridgehead atoms. The topological polar surface area (TPSA) is 9.23 Å². The van der Waals surface area contributed by atoms with Crippen molar-refractivity contribution in [2.24, 2.45) is 0 Å². The molecule has 1 aromatic rings. The molecule has 0 spiro atoms. The zero-order valence-electron chi connectivity index (χ0n) is 6.81. The molecule has 0 amide bonds. The summed E-state index contributed by atoms with van der Waals surface area (Å²) in [6, 6.07) is 5.41. The SMILES string of the molecule is Cc1ccc(Cl)c(OCCF)c1. The number of benzene rings is 1. The first-order valence-corrected chi connectivity index (χ1v) is 4.07. The van der Waals surface area contributed by atoms with Crippen LogP contribution in [0.2, 0.25) is 5.02 Å². The Balaban J connectivity index is 2.75. The van der Waals surface area contributed by atoms with Crippen molar-refractivity contribution in [2.45, 2.75) is 6.92 Å². The van der Waals surface area contributed by atoms with Gasteiger partial charge in [0.2, 0.25) is 0 Å². The zero-order valence-corrected chi connectivity index (χ0v) is 7.57. The number of alkyl halides is 1. The van der Waals surface area contributed by atoms with Crippen LogP contribution in [0.4, 0.5) is 4.39 Å². The summed E-state index contributed by atoms with van der Waals surface area (Å²) in [5, 5.41) is 0.522. The van der Waals surface area contributed by atoms with Gasteiger partial charge < -0.3 is 4.74 Å². The van der Waals surface area contributed by atoms with Crippen molar-refractivity contribution in [3.05, 3.63) is 28.8 Å². The average molecular weight is 189 g/mol. The molecular formula is C9H10ClFO. The lowest BCUT2D eigenvalue weighted by atomic mass is 10.2. The van der Waals surface area contributed by atoms with Gasteiger partial charge in [-0.3, -0.25) is 0 Å². The molecule has 0 fully saturated rings. The predicted octanol–water partition coefficient (Wildman–Crippen LogP) is 3.00. The summed E-state index contributed by atoms with van der Waals surface area (Å²) in [5.41, 5.74) is 1.05. The Hall–Kier alpha value is -0.760. The molecule has 0 aromatic heterocycles. The largest absolute Gasteiger partial charge is 0.489 e. The molecule has 1 aromatic carbocycles. The number of aryl methyl sites for hydroxylation is 1. The van der Waals surface area contributed by atoms with Gasteiger partial charge in [0.15, 0.2) is 0 Å². The summed E-state index contributed by atoms with van der Waals surface area (Å²) in [4.78, 5) is 0. The molecular weight excluding hydrogens is 179 g/mol. The fourth-order valence-electron chi connectivity index (χ4n) is 0.870. The van der Waals surface area contributed by atoms with E-state index in [-0.39, 0.29) is 6.61 Å². The fraction of sp³-hybridized carbons (Fsp3) is 0.333. The van der Waals surface area contributed by atoms with Gasteiger partial charge >= 0.3 is 0 Å². The van der Waals surface area contributed by atoms with E-state index in [2.05, 4.69) is 0 Å². The van der Waals surface area contributed by atoms with Gasteiger partial charge in [0.25, 0.3) is 0 Å². The number of rotatable bonds is 3. The molecule has 0 heterocycles. The van der Waals surface area contributed by atoms with E-state index >= 15 is 0 Å². The van der Waals surface area contributed by atoms with Gasteiger partial charge in [0, 0.05) is 0 Å². The van der Waals surface area contributed by atoms with Crippen LogP contribution in [-0.4, -0.2) is 13.3 Å². The van der Waals surface area contributed by atoms with Crippen molar-refractivity contribution in [1.82, 2.24) is 0 Å².